The van der Waals surface area contributed by atoms with Crippen LogP contribution in [0.5, 0.6) is 11.5 Å². The molecule has 0 saturated heterocycles. The van der Waals surface area contributed by atoms with Crippen LogP contribution in [0.3, 0.4) is 0 Å². The molecule has 2 rings (SSSR count). The second-order valence-electron chi connectivity index (χ2n) is 2.61. The van der Waals surface area contributed by atoms with Crippen molar-refractivity contribution < 1.29 is 13.1 Å². The molecule has 1 heterocycles. The number of nitrogens with one attached hydrogen (secondary N) is 1. The first-order chi connectivity index (χ1) is 6.29. The summed E-state index contributed by atoms with van der Waals surface area (Å²) < 4.78 is 23.7. The molecule has 13 heavy (non-hydrogen) atoms. The zero-order chi connectivity index (χ0) is 9.26. The molecular formula is C8H9NO3S. The SMILES string of the molecule is COc1ccc2c(c1)CNS(=O)O2. The van der Waals surface area contributed by atoms with Crippen LogP contribution in [0.4, 0.5) is 0 Å². The lowest BCUT2D eigenvalue weighted by atomic mass is 10.2. The van der Waals surface area contributed by atoms with Crippen LogP contribution in [0.25, 0.3) is 0 Å². The van der Waals surface area contributed by atoms with Crippen molar-refractivity contribution in [1.29, 1.82) is 0 Å². The van der Waals surface area contributed by atoms with Crippen molar-refractivity contribution in [2.24, 2.45) is 0 Å². The summed E-state index contributed by atoms with van der Waals surface area (Å²) in [5.41, 5.74) is 0.957. The molecule has 1 aliphatic rings. The zero-order valence-electron chi connectivity index (χ0n) is 7.07. The van der Waals surface area contributed by atoms with Crippen molar-refractivity contribution in [3.63, 3.8) is 0 Å². The molecule has 0 bridgehead atoms. The lowest BCUT2D eigenvalue weighted by Gasteiger charge is -2.16. The Bertz CT molecular complexity index is 353. The van der Waals surface area contributed by atoms with Gasteiger partial charge in [0.2, 0.25) is 0 Å². The highest BCUT2D eigenvalue weighted by atomic mass is 32.2. The van der Waals surface area contributed by atoms with Crippen LogP contribution in [0.2, 0.25) is 0 Å². The van der Waals surface area contributed by atoms with Crippen LogP contribution in [-0.4, -0.2) is 11.3 Å². The molecule has 1 aliphatic heterocycles. The maximum Gasteiger partial charge on any atom is 0.288 e. The van der Waals surface area contributed by atoms with Crippen molar-refractivity contribution in [3.05, 3.63) is 23.8 Å². The Morgan fingerprint density at radius 1 is 1.62 bits per heavy atom. The van der Waals surface area contributed by atoms with Gasteiger partial charge in [0.25, 0.3) is 11.3 Å². The first-order valence-corrected chi connectivity index (χ1v) is 4.87. The van der Waals surface area contributed by atoms with E-state index in [4.69, 9.17) is 8.92 Å². The van der Waals surface area contributed by atoms with Gasteiger partial charge in [-0.2, -0.15) is 8.93 Å². The van der Waals surface area contributed by atoms with Crippen LogP contribution in [0, 0.1) is 0 Å². The minimum absolute atomic E-state index is 0.541. The van der Waals surface area contributed by atoms with E-state index in [0.717, 1.165) is 11.3 Å². The Hall–Kier alpha value is -1.07. The van der Waals surface area contributed by atoms with Gasteiger partial charge in [0, 0.05) is 12.1 Å². The topological polar surface area (TPSA) is 47.6 Å². The molecule has 0 fully saturated rings. The number of methoxy groups -OCH3 is 1. The molecule has 0 spiro atoms. The van der Waals surface area contributed by atoms with Crippen molar-refractivity contribution in [1.82, 2.24) is 4.72 Å². The van der Waals surface area contributed by atoms with Crippen LogP contribution in [-0.2, 0) is 17.8 Å². The zero-order valence-corrected chi connectivity index (χ0v) is 7.89. The van der Waals surface area contributed by atoms with E-state index in [0.29, 0.717) is 12.3 Å². The summed E-state index contributed by atoms with van der Waals surface area (Å²) in [6.07, 6.45) is 0. The largest absolute Gasteiger partial charge is 0.497 e. The lowest BCUT2D eigenvalue weighted by molar-refractivity contribution is 0.412. The molecule has 1 aromatic carbocycles. The van der Waals surface area contributed by atoms with Crippen molar-refractivity contribution in [2.45, 2.75) is 6.54 Å². The van der Waals surface area contributed by atoms with E-state index in [1.165, 1.54) is 0 Å². The minimum Gasteiger partial charge on any atom is -0.497 e. The van der Waals surface area contributed by atoms with E-state index in [1.54, 1.807) is 19.2 Å². The Kier molecular flexibility index (Phi) is 2.20. The van der Waals surface area contributed by atoms with Gasteiger partial charge in [-0.15, -0.1) is 0 Å². The average molecular weight is 199 g/mol. The summed E-state index contributed by atoms with van der Waals surface area (Å²) in [6.45, 7) is 0.541. The quantitative estimate of drug-likeness (QED) is 0.726. The number of benzene rings is 1. The highest BCUT2D eigenvalue weighted by Gasteiger charge is 2.15. The van der Waals surface area contributed by atoms with Gasteiger partial charge in [0.05, 0.1) is 7.11 Å². The van der Waals surface area contributed by atoms with Gasteiger partial charge in [-0.25, -0.2) is 0 Å². The summed E-state index contributed by atoms with van der Waals surface area (Å²) in [7, 11) is 1.61. The highest BCUT2D eigenvalue weighted by molar-refractivity contribution is 7.78. The molecule has 0 aliphatic carbocycles. The van der Waals surface area contributed by atoms with Gasteiger partial charge in [-0.1, -0.05) is 0 Å². The van der Waals surface area contributed by atoms with Crippen molar-refractivity contribution in [3.8, 4) is 11.5 Å². The number of rotatable bonds is 1. The van der Waals surface area contributed by atoms with E-state index >= 15 is 0 Å². The van der Waals surface area contributed by atoms with E-state index in [9.17, 15) is 4.21 Å². The van der Waals surface area contributed by atoms with Crippen LogP contribution >= 0.6 is 0 Å². The fourth-order valence-electron chi connectivity index (χ4n) is 1.15. The van der Waals surface area contributed by atoms with Gasteiger partial charge in [-0.3, -0.25) is 0 Å². The smallest absolute Gasteiger partial charge is 0.288 e. The second-order valence-corrected chi connectivity index (χ2v) is 3.54. The summed E-state index contributed by atoms with van der Waals surface area (Å²) in [5, 5.41) is 0. The van der Waals surface area contributed by atoms with Gasteiger partial charge in [-0.05, 0) is 18.2 Å². The molecule has 0 radical (unpaired) electrons. The van der Waals surface area contributed by atoms with Crippen molar-refractivity contribution in [2.75, 3.05) is 7.11 Å². The van der Waals surface area contributed by atoms with Crippen molar-refractivity contribution >= 4 is 11.3 Å². The van der Waals surface area contributed by atoms with Crippen LogP contribution < -0.4 is 13.6 Å². The maximum atomic E-state index is 10.9. The van der Waals surface area contributed by atoms with Gasteiger partial charge < -0.3 is 8.92 Å². The molecule has 1 unspecified atom stereocenters. The monoisotopic (exact) mass is 199 g/mol. The number of hydrogen-bond donors (Lipinski definition) is 1. The fourth-order valence-corrected chi connectivity index (χ4v) is 1.81. The van der Waals surface area contributed by atoms with E-state index < -0.39 is 11.3 Å². The molecular weight excluding hydrogens is 190 g/mol. The third-order valence-electron chi connectivity index (χ3n) is 1.81. The molecule has 5 heteroatoms. The Balaban J connectivity index is 2.36. The Morgan fingerprint density at radius 2 is 2.46 bits per heavy atom. The summed E-state index contributed by atoms with van der Waals surface area (Å²) in [6, 6.07) is 5.40. The predicted molar refractivity (Wildman–Crippen MR) is 48.6 cm³/mol. The Morgan fingerprint density at radius 3 is 3.23 bits per heavy atom. The first-order valence-electron chi connectivity index (χ1n) is 3.80. The standard InChI is InChI=1S/C8H9NO3S/c1-11-7-2-3-8-6(4-7)5-9-13(10)12-8/h2-4,9H,5H2,1H3. The maximum absolute atomic E-state index is 10.9. The van der Waals surface area contributed by atoms with Gasteiger partial charge in [0.1, 0.15) is 11.5 Å². The molecule has 1 N–H and O–H groups in total. The average Bonchev–Trinajstić information content (AvgIpc) is 2.17. The fraction of sp³-hybridized carbons (Fsp3) is 0.250. The molecule has 1 atom stereocenters. The third-order valence-corrected chi connectivity index (χ3v) is 2.52. The van der Waals surface area contributed by atoms with Gasteiger partial charge >= 0.3 is 0 Å². The molecule has 0 amide bonds. The Labute approximate surface area is 78.7 Å². The normalized spacial score (nSPS) is 20.2. The number of ether oxygens (including phenoxy) is 1. The van der Waals surface area contributed by atoms with E-state index in [-0.39, 0.29) is 0 Å². The predicted octanol–water partition coefficient (Wildman–Crippen LogP) is 0.756. The number of fused-ring (bicyclic) bond motifs is 1. The minimum atomic E-state index is -1.40. The molecule has 70 valence electrons. The summed E-state index contributed by atoms with van der Waals surface area (Å²) >= 11 is -1.40. The third kappa shape index (κ3) is 1.66. The molecule has 1 aromatic rings. The van der Waals surface area contributed by atoms with Crippen LogP contribution in [0.1, 0.15) is 5.56 Å². The first kappa shape index (κ1) is 8.52. The summed E-state index contributed by atoms with van der Waals surface area (Å²) in [5.74, 6) is 1.43. The molecule has 4 nitrogen and oxygen atoms in total. The van der Waals surface area contributed by atoms with Crippen LogP contribution in [0.15, 0.2) is 18.2 Å². The highest BCUT2D eigenvalue weighted by Crippen LogP contribution is 2.26. The van der Waals surface area contributed by atoms with Gasteiger partial charge in [0.15, 0.2) is 0 Å². The molecule has 0 saturated carbocycles. The number of hydrogen-bond acceptors (Lipinski definition) is 3. The second kappa shape index (κ2) is 3.35. The van der Waals surface area contributed by atoms with E-state index in [1.807, 2.05) is 6.07 Å². The summed E-state index contributed by atoms with van der Waals surface area (Å²) in [4.78, 5) is 0. The molecule has 0 aromatic heterocycles. The van der Waals surface area contributed by atoms with E-state index in [2.05, 4.69) is 4.72 Å². The lowest BCUT2D eigenvalue weighted by Crippen LogP contribution is -2.26.